The van der Waals surface area contributed by atoms with Gasteiger partial charge in [0.25, 0.3) is 0 Å². The van der Waals surface area contributed by atoms with Crippen molar-refractivity contribution in [3.8, 4) is 12.5 Å². The van der Waals surface area contributed by atoms with Gasteiger partial charge in [0.1, 0.15) is 18.8 Å². The Morgan fingerprint density at radius 3 is 2.58 bits per heavy atom. The van der Waals surface area contributed by atoms with Crippen LogP contribution >= 0.6 is 60.8 Å². The summed E-state index contributed by atoms with van der Waals surface area (Å²) in [6.45, 7) is 0.814. The second-order valence-electron chi connectivity index (χ2n) is 1.56. The van der Waals surface area contributed by atoms with E-state index in [4.69, 9.17) is 19.5 Å². The molecule has 0 heterocycles. The number of hydrogen-bond donors (Lipinski definition) is 0. The maximum Gasteiger partial charge on any atom is 0.133 e. The van der Waals surface area contributed by atoms with Crippen molar-refractivity contribution < 1.29 is 13.1 Å². The highest BCUT2D eigenvalue weighted by Gasteiger charge is 2.10. The number of rotatable bonds is 7. The van der Waals surface area contributed by atoms with E-state index < -0.39 is 0 Å². The molecule has 0 aliphatic heterocycles. The van der Waals surface area contributed by atoms with Crippen LogP contribution in [0.5, 0.6) is 0 Å². The van der Waals surface area contributed by atoms with Gasteiger partial charge in [0.15, 0.2) is 0 Å². The van der Waals surface area contributed by atoms with Crippen molar-refractivity contribution >= 4 is 60.8 Å². The van der Waals surface area contributed by atoms with Gasteiger partial charge in [-0.05, 0) is 0 Å². The monoisotopic (exact) mass is 432 g/mol. The summed E-state index contributed by atoms with van der Waals surface area (Å²) >= 11 is 4.07. The van der Waals surface area contributed by atoms with Crippen molar-refractivity contribution in [2.75, 3.05) is 13.2 Å². The van der Waals surface area contributed by atoms with Crippen molar-refractivity contribution in [1.82, 2.24) is 0 Å². The molecule has 0 aromatic heterocycles. The second-order valence-corrected chi connectivity index (χ2v) is 4.40. The molecule has 1 unspecified atom stereocenters. The lowest BCUT2D eigenvalue weighted by molar-refractivity contribution is 0.0971. The molecule has 0 fully saturated rings. The normalized spacial score (nSPS) is 12.1. The molecule has 1 atom stereocenters. The van der Waals surface area contributed by atoms with Crippen LogP contribution in [0.15, 0.2) is 0 Å². The number of ether oxygens (including phenoxy) is 1. The largest absolute Gasteiger partial charge is 0.444 e. The first-order valence-corrected chi connectivity index (χ1v) is 9.33. The van der Waals surface area contributed by atoms with Crippen LogP contribution in [-0.4, -0.2) is 19.3 Å². The molecule has 70 valence electrons. The van der Waals surface area contributed by atoms with Gasteiger partial charge < -0.3 is 8.92 Å². The van der Waals surface area contributed by atoms with Crippen molar-refractivity contribution in [3.05, 3.63) is 0 Å². The van der Waals surface area contributed by atoms with Crippen LogP contribution in [0, 0.1) is 12.5 Å². The van der Waals surface area contributed by atoms with Gasteiger partial charge in [-0.3, -0.25) is 4.18 Å². The van der Waals surface area contributed by atoms with Crippen LogP contribution < -0.4 is 0 Å². The fraction of sp³-hybridized carbons (Fsp3) is 0.600. The van der Waals surface area contributed by atoms with Gasteiger partial charge >= 0.3 is 0 Å². The minimum Gasteiger partial charge on any atom is -0.444 e. The van der Waals surface area contributed by atoms with Crippen LogP contribution in [0.2, 0.25) is 0 Å². The molecule has 0 amide bonds. The molecule has 0 saturated heterocycles. The van der Waals surface area contributed by atoms with E-state index in [0.29, 0.717) is 13.2 Å². The minimum atomic E-state index is -0.120. The summed E-state index contributed by atoms with van der Waals surface area (Å²) < 4.78 is 15.0. The molecular formula is C5H6I2O3S2. The Balaban J connectivity index is 3.48. The van der Waals surface area contributed by atoms with E-state index in [1.807, 2.05) is 42.4 Å². The van der Waals surface area contributed by atoms with E-state index in [1.54, 1.807) is 0 Å². The van der Waals surface area contributed by atoms with Crippen LogP contribution in [0.4, 0.5) is 0 Å². The Hall–Kier alpha value is 1.44. The molecule has 0 aromatic carbocycles. The Kier molecular flexibility index (Phi) is 11.8. The third kappa shape index (κ3) is 8.06. The summed E-state index contributed by atoms with van der Waals surface area (Å²) in [6, 6.07) is 0. The molecule has 0 aliphatic carbocycles. The highest BCUT2D eigenvalue weighted by molar-refractivity contribution is 14.2. The van der Waals surface area contributed by atoms with Gasteiger partial charge in [0, 0.05) is 42.4 Å². The van der Waals surface area contributed by atoms with E-state index in [1.165, 1.54) is 18.4 Å². The fourth-order valence-electron chi connectivity index (χ4n) is 0.398. The van der Waals surface area contributed by atoms with Crippen molar-refractivity contribution in [3.63, 3.8) is 0 Å². The smallest absolute Gasteiger partial charge is 0.133 e. The Morgan fingerprint density at radius 2 is 2.08 bits per heavy atom. The summed E-state index contributed by atoms with van der Waals surface area (Å²) in [4.78, 5) is 0. The first-order chi connectivity index (χ1) is 5.85. The van der Waals surface area contributed by atoms with Gasteiger partial charge in [-0.25, -0.2) is 0 Å². The topological polar surface area (TPSA) is 27.7 Å². The van der Waals surface area contributed by atoms with Crippen molar-refractivity contribution in [2.24, 2.45) is 0 Å². The standard InChI is InChI=1S/C5H6I2O3S2/c1-2-8-3-5(10-12-7)4-9-11-6/h1,5H,3-4H2. The van der Waals surface area contributed by atoms with Gasteiger partial charge in [-0.2, -0.15) is 0 Å². The van der Waals surface area contributed by atoms with Crippen LogP contribution in [-0.2, 0) is 13.1 Å². The molecule has 7 heteroatoms. The lowest BCUT2D eigenvalue weighted by atomic mass is 10.4. The lowest BCUT2D eigenvalue weighted by Gasteiger charge is -2.11. The number of terminal acetylenes is 1. The Morgan fingerprint density at radius 1 is 1.33 bits per heavy atom. The minimum absolute atomic E-state index is 0.120. The summed E-state index contributed by atoms with van der Waals surface area (Å²) in [5, 5.41) is 0. The molecule has 0 aliphatic rings. The maximum atomic E-state index is 5.19. The molecule has 0 rings (SSSR count). The van der Waals surface area contributed by atoms with E-state index in [-0.39, 0.29) is 6.10 Å². The summed E-state index contributed by atoms with van der Waals surface area (Å²) in [5.74, 6) is 0. The third-order valence-electron chi connectivity index (χ3n) is 0.823. The zero-order valence-electron chi connectivity index (χ0n) is 5.87. The third-order valence-corrected chi connectivity index (χ3v) is 2.78. The summed E-state index contributed by atoms with van der Waals surface area (Å²) in [6.07, 6.45) is 6.87. The molecule has 0 spiro atoms. The van der Waals surface area contributed by atoms with Crippen LogP contribution in [0.3, 0.4) is 0 Å². The highest BCUT2D eigenvalue weighted by atomic mass is 127. The molecule has 0 aromatic rings. The molecule has 0 radical (unpaired) electrons. The Bertz CT molecular complexity index is 141. The summed E-state index contributed by atoms with van der Waals surface area (Å²) in [7, 11) is 2.50. The molecule has 3 nitrogen and oxygen atoms in total. The average molecular weight is 432 g/mol. The first kappa shape index (κ1) is 13.4. The predicted octanol–water partition coefficient (Wildman–Crippen LogP) is 2.99. The molecule has 0 bridgehead atoms. The van der Waals surface area contributed by atoms with E-state index >= 15 is 0 Å². The molecule has 0 saturated carbocycles. The predicted molar refractivity (Wildman–Crippen MR) is 68.8 cm³/mol. The lowest BCUT2D eigenvalue weighted by Crippen LogP contribution is -2.20. The fourth-order valence-corrected chi connectivity index (χ4v) is 2.14. The SMILES string of the molecule is C#COCC(COSI)OSI. The van der Waals surface area contributed by atoms with Crippen molar-refractivity contribution in [1.29, 1.82) is 0 Å². The molecule has 12 heavy (non-hydrogen) atoms. The number of hydrogen-bond acceptors (Lipinski definition) is 5. The second kappa shape index (κ2) is 10.5. The van der Waals surface area contributed by atoms with Crippen molar-refractivity contribution in [2.45, 2.75) is 6.10 Å². The maximum absolute atomic E-state index is 5.19. The zero-order valence-corrected chi connectivity index (χ0v) is 11.8. The molecule has 0 N–H and O–H groups in total. The van der Waals surface area contributed by atoms with Gasteiger partial charge in [-0.15, -0.1) is 0 Å². The van der Waals surface area contributed by atoms with E-state index in [2.05, 4.69) is 6.11 Å². The highest BCUT2D eigenvalue weighted by Crippen LogP contribution is 2.19. The first-order valence-electron chi connectivity index (χ1n) is 2.76. The average Bonchev–Trinajstić information content (AvgIpc) is 2.10. The van der Waals surface area contributed by atoms with Gasteiger partial charge in [0.05, 0.1) is 25.0 Å². The van der Waals surface area contributed by atoms with Gasteiger partial charge in [-0.1, -0.05) is 6.42 Å². The number of halogens is 2. The Labute approximate surface area is 105 Å². The van der Waals surface area contributed by atoms with E-state index in [0.717, 1.165) is 0 Å². The zero-order chi connectivity index (χ0) is 9.23. The quantitative estimate of drug-likeness (QED) is 0.351. The van der Waals surface area contributed by atoms with Crippen LogP contribution in [0.25, 0.3) is 0 Å². The summed E-state index contributed by atoms with van der Waals surface area (Å²) in [5.41, 5.74) is 0. The van der Waals surface area contributed by atoms with Gasteiger partial charge in [0.2, 0.25) is 0 Å². The van der Waals surface area contributed by atoms with E-state index in [9.17, 15) is 0 Å². The molecular weight excluding hydrogens is 426 g/mol. The van der Waals surface area contributed by atoms with Crippen LogP contribution in [0.1, 0.15) is 0 Å².